The fourth-order valence-corrected chi connectivity index (χ4v) is 4.50. The molecule has 3 heterocycles. The van der Waals surface area contributed by atoms with Gasteiger partial charge in [0.15, 0.2) is 0 Å². The molecule has 5 rings (SSSR count). The molecule has 40 heavy (non-hydrogen) atoms. The molecule has 10 nitrogen and oxygen atoms in total. The van der Waals surface area contributed by atoms with Crippen molar-refractivity contribution in [3.63, 3.8) is 0 Å². The van der Waals surface area contributed by atoms with Crippen molar-refractivity contribution in [1.29, 1.82) is 0 Å². The smallest absolute Gasteiger partial charge is 0.423 e. The second-order valence-electron chi connectivity index (χ2n) is 10.0. The first-order valence-electron chi connectivity index (χ1n) is 13.2. The van der Waals surface area contributed by atoms with Crippen LogP contribution in [0.1, 0.15) is 21.5 Å². The number of aryl methyl sites for hydroxylation is 1. The molecule has 1 amide bonds. The number of rotatable bonds is 8. The highest BCUT2D eigenvalue weighted by Crippen LogP contribution is 2.24. The Balaban J connectivity index is 1.25. The number of carbonyl (C=O) groups excluding carboxylic acids is 1. The fourth-order valence-electron chi connectivity index (χ4n) is 4.50. The SMILES string of the molecule is Cc1ccc(NC(=O)c2ccc(CN3CCN(C)CC3)cc2)cc1Nc1nccc(-c2cncc(B(O)O)c2)n1. The van der Waals surface area contributed by atoms with Crippen molar-refractivity contribution in [3.8, 4) is 11.3 Å². The predicted octanol–water partition coefficient (Wildman–Crippen LogP) is 2.27. The maximum absolute atomic E-state index is 13.0. The van der Waals surface area contributed by atoms with E-state index in [1.54, 1.807) is 24.5 Å². The molecule has 1 fully saturated rings. The van der Waals surface area contributed by atoms with E-state index in [2.05, 4.69) is 42.4 Å². The number of nitrogens with one attached hydrogen (secondary N) is 2. The summed E-state index contributed by atoms with van der Waals surface area (Å²) in [4.78, 5) is 30.7. The van der Waals surface area contributed by atoms with Gasteiger partial charge in [0.2, 0.25) is 5.95 Å². The number of likely N-dealkylation sites (N-methyl/N-ethyl adjacent to an activating group) is 1. The quantitative estimate of drug-likeness (QED) is 0.251. The molecule has 0 unspecified atom stereocenters. The third kappa shape index (κ3) is 6.88. The molecule has 2 aromatic carbocycles. The average molecular weight is 537 g/mol. The lowest BCUT2D eigenvalue weighted by Gasteiger charge is -2.32. The Morgan fingerprint density at radius 2 is 1.77 bits per heavy atom. The summed E-state index contributed by atoms with van der Waals surface area (Å²) in [6, 6.07) is 16.7. The van der Waals surface area contributed by atoms with Crippen LogP contribution in [0.15, 0.2) is 73.2 Å². The molecule has 1 saturated heterocycles. The fraction of sp³-hybridized carbons (Fsp3) is 0.241. The molecule has 11 heteroatoms. The minimum Gasteiger partial charge on any atom is -0.423 e. The van der Waals surface area contributed by atoms with E-state index in [0.717, 1.165) is 44.0 Å². The summed E-state index contributed by atoms with van der Waals surface area (Å²) >= 11 is 0. The highest BCUT2D eigenvalue weighted by atomic mass is 16.4. The normalized spacial score (nSPS) is 14.1. The average Bonchev–Trinajstić information content (AvgIpc) is 2.96. The molecule has 0 spiro atoms. The maximum Gasteiger partial charge on any atom is 0.490 e. The van der Waals surface area contributed by atoms with Gasteiger partial charge in [-0.2, -0.15) is 0 Å². The van der Waals surface area contributed by atoms with Gasteiger partial charge < -0.3 is 25.6 Å². The Bertz CT molecular complexity index is 1470. The van der Waals surface area contributed by atoms with Gasteiger partial charge in [-0.1, -0.05) is 18.2 Å². The molecular weight excluding hydrogens is 505 g/mol. The van der Waals surface area contributed by atoms with Crippen LogP contribution in [0.2, 0.25) is 0 Å². The summed E-state index contributed by atoms with van der Waals surface area (Å²) in [5, 5.41) is 25.1. The second-order valence-corrected chi connectivity index (χ2v) is 10.0. The highest BCUT2D eigenvalue weighted by Gasteiger charge is 2.15. The number of hydrogen-bond donors (Lipinski definition) is 4. The number of benzene rings is 2. The van der Waals surface area contributed by atoms with E-state index < -0.39 is 7.12 Å². The van der Waals surface area contributed by atoms with Crippen molar-refractivity contribution in [2.75, 3.05) is 43.9 Å². The largest absolute Gasteiger partial charge is 0.490 e. The Morgan fingerprint density at radius 3 is 2.52 bits per heavy atom. The van der Waals surface area contributed by atoms with Crippen molar-refractivity contribution >= 4 is 35.8 Å². The van der Waals surface area contributed by atoms with E-state index >= 15 is 0 Å². The van der Waals surface area contributed by atoms with Gasteiger partial charge in [-0.05, 0) is 61.5 Å². The van der Waals surface area contributed by atoms with E-state index in [9.17, 15) is 14.8 Å². The number of nitrogens with zero attached hydrogens (tertiary/aromatic N) is 5. The summed E-state index contributed by atoms with van der Waals surface area (Å²) < 4.78 is 0. The van der Waals surface area contributed by atoms with Crippen LogP contribution >= 0.6 is 0 Å². The molecule has 2 aromatic heterocycles. The van der Waals surface area contributed by atoms with Crippen molar-refractivity contribution in [1.82, 2.24) is 24.8 Å². The standard InChI is InChI=1S/C29H32BN7O3/c1-20-3-8-25(33-28(38)22-6-4-21(5-7-22)19-37-13-11-36(2)12-14-37)16-27(20)35-29-32-10-9-26(34-29)23-15-24(30(39)40)18-31-17-23/h3-10,15-18,39-40H,11-14,19H2,1-2H3,(H,33,38)(H,32,34,35). The molecule has 4 aromatic rings. The molecular formula is C29H32BN7O3. The van der Waals surface area contributed by atoms with Crippen LogP contribution in [0.4, 0.5) is 17.3 Å². The lowest BCUT2D eigenvalue weighted by atomic mass is 9.81. The number of pyridine rings is 1. The maximum atomic E-state index is 13.0. The van der Waals surface area contributed by atoms with Crippen LogP contribution in [-0.4, -0.2) is 81.1 Å². The summed E-state index contributed by atoms with van der Waals surface area (Å²) in [5.74, 6) is 0.174. The van der Waals surface area contributed by atoms with Crippen LogP contribution in [0.25, 0.3) is 11.3 Å². The first-order chi connectivity index (χ1) is 19.3. The van der Waals surface area contributed by atoms with E-state index in [1.807, 2.05) is 49.4 Å². The van der Waals surface area contributed by atoms with E-state index in [-0.39, 0.29) is 11.4 Å². The number of hydrogen-bond acceptors (Lipinski definition) is 9. The van der Waals surface area contributed by atoms with Gasteiger partial charge in [-0.3, -0.25) is 14.7 Å². The van der Waals surface area contributed by atoms with Crippen LogP contribution in [0, 0.1) is 6.92 Å². The van der Waals surface area contributed by atoms with Crippen molar-refractivity contribution < 1.29 is 14.8 Å². The molecule has 0 atom stereocenters. The summed E-state index contributed by atoms with van der Waals surface area (Å²) in [6.07, 6.45) is 4.60. The van der Waals surface area contributed by atoms with Gasteiger partial charge in [0, 0.05) is 79.3 Å². The van der Waals surface area contributed by atoms with Gasteiger partial charge in [0.25, 0.3) is 5.91 Å². The zero-order valence-corrected chi connectivity index (χ0v) is 22.6. The Kier molecular flexibility index (Phi) is 8.47. The van der Waals surface area contributed by atoms with Gasteiger partial charge in [-0.15, -0.1) is 0 Å². The number of anilines is 3. The zero-order chi connectivity index (χ0) is 28.1. The Hall–Kier alpha value is -4.16. The first-order valence-corrected chi connectivity index (χ1v) is 13.2. The number of aromatic nitrogens is 3. The second kappa shape index (κ2) is 12.4. The van der Waals surface area contributed by atoms with Gasteiger partial charge in [0.05, 0.1) is 5.69 Å². The minimum atomic E-state index is -1.62. The minimum absolute atomic E-state index is 0.183. The monoisotopic (exact) mass is 537 g/mol. The van der Waals surface area contributed by atoms with Crippen molar-refractivity contribution in [2.45, 2.75) is 13.5 Å². The third-order valence-corrected chi connectivity index (χ3v) is 6.97. The Labute approximate surface area is 233 Å². The highest BCUT2D eigenvalue weighted by molar-refractivity contribution is 6.58. The van der Waals surface area contributed by atoms with Crippen LogP contribution in [0.3, 0.4) is 0 Å². The molecule has 4 N–H and O–H groups in total. The summed E-state index contributed by atoms with van der Waals surface area (Å²) in [7, 11) is 0.530. The van der Waals surface area contributed by atoms with Crippen LogP contribution < -0.4 is 16.1 Å². The molecule has 0 bridgehead atoms. The lowest BCUT2D eigenvalue weighted by molar-refractivity contribution is 0.102. The molecule has 1 aliphatic rings. The number of carbonyl (C=O) groups is 1. The predicted molar refractivity (Wildman–Crippen MR) is 157 cm³/mol. The van der Waals surface area contributed by atoms with E-state index in [4.69, 9.17) is 0 Å². The molecule has 1 aliphatic heterocycles. The van der Waals surface area contributed by atoms with Crippen LogP contribution in [0.5, 0.6) is 0 Å². The number of piperazine rings is 1. The third-order valence-electron chi connectivity index (χ3n) is 6.97. The van der Waals surface area contributed by atoms with Gasteiger partial charge in [-0.25, -0.2) is 9.97 Å². The van der Waals surface area contributed by atoms with Gasteiger partial charge in [0.1, 0.15) is 0 Å². The van der Waals surface area contributed by atoms with E-state index in [1.165, 1.54) is 11.8 Å². The van der Waals surface area contributed by atoms with Crippen molar-refractivity contribution in [3.05, 3.63) is 89.9 Å². The number of amides is 1. The summed E-state index contributed by atoms with van der Waals surface area (Å²) in [6.45, 7) is 7.09. The van der Waals surface area contributed by atoms with Crippen molar-refractivity contribution in [2.24, 2.45) is 0 Å². The summed E-state index contributed by atoms with van der Waals surface area (Å²) in [5.41, 5.74) is 5.60. The lowest BCUT2D eigenvalue weighted by Crippen LogP contribution is -2.43. The van der Waals surface area contributed by atoms with Gasteiger partial charge >= 0.3 is 7.12 Å². The van der Waals surface area contributed by atoms with E-state index in [0.29, 0.717) is 28.5 Å². The first kappa shape index (κ1) is 27.4. The van der Waals surface area contributed by atoms with Crippen LogP contribution in [-0.2, 0) is 6.54 Å². The molecule has 0 radical (unpaired) electrons. The molecule has 0 aliphatic carbocycles. The molecule has 204 valence electrons. The zero-order valence-electron chi connectivity index (χ0n) is 22.6. The topological polar surface area (TPSA) is 127 Å². The Morgan fingerprint density at radius 1 is 1.00 bits per heavy atom. The molecule has 0 saturated carbocycles.